The van der Waals surface area contributed by atoms with E-state index in [4.69, 9.17) is 9.47 Å². The van der Waals surface area contributed by atoms with E-state index in [0.29, 0.717) is 24.8 Å². The number of fused-ring (bicyclic) bond motifs is 1. The molecule has 2 fully saturated rings. The van der Waals surface area contributed by atoms with E-state index in [9.17, 15) is 14.4 Å². The largest absolute Gasteiger partial charge is 0.464 e. The third kappa shape index (κ3) is 3.36. The zero-order valence-electron chi connectivity index (χ0n) is 12.6. The Morgan fingerprint density at radius 2 is 2.00 bits per heavy atom. The number of nitrogens with zero attached hydrogens (tertiary/aromatic N) is 1. The summed E-state index contributed by atoms with van der Waals surface area (Å²) in [5.74, 6) is 0.337. The van der Waals surface area contributed by atoms with Gasteiger partial charge in [-0.3, -0.25) is 4.90 Å². The highest BCUT2D eigenvalue weighted by atomic mass is 16.6. The van der Waals surface area contributed by atoms with E-state index < -0.39 is 12.1 Å². The van der Waals surface area contributed by atoms with Crippen LogP contribution in [0.1, 0.15) is 32.6 Å². The van der Waals surface area contributed by atoms with Crippen LogP contribution in [-0.2, 0) is 19.1 Å². The van der Waals surface area contributed by atoms with Crippen LogP contribution in [0, 0.1) is 17.8 Å². The second kappa shape index (κ2) is 6.91. The van der Waals surface area contributed by atoms with Gasteiger partial charge < -0.3 is 14.3 Å². The van der Waals surface area contributed by atoms with E-state index in [1.54, 1.807) is 6.92 Å². The number of hydrogen-bond acceptors (Lipinski definition) is 5. The Hall–Kier alpha value is -1.59. The Balaban J connectivity index is 2.13. The lowest BCUT2D eigenvalue weighted by atomic mass is 9.69. The molecule has 118 valence electrons. The van der Waals surface area contributed by atoms with Crippen molar-refractivity contribution in [3.63, 3.8) is 0 Å². The molecule has 1 heterocycles. The minimum absolute atomic E-state index is 0.0822. The summed E-state index contributed by atoms with van der Waals surface area (Å²) in [5.41, 5.74) is 0. The van der Waals surface area contributed by atoms with Gasteiger partial charge in [-0.2, -0.15) is 0 Å². The van der Waals surface area contributed by atoms with Gasteiger partial charge in [0.25, 0.3) is 0 Å². The van der Waals surface area contributed by atoms with Crippen LogP contribution in [-0.4, -0.2) is 49.6 Å². The van der Waals surface area contributed by atoms with Gasteiger partial charge in [-0.1, -0.05) is 0 Å². The smallest absolute Gasteiger partial charge is 0.410 e. The number of hydrogen-bond donors (Lipinski definition) is 0. The topological polar surface area (TPSA) is 72.9 Å². The van der Waals surface area contributed by atoms with Crippen molar-refractivity contribution in [2.45, 2.75) is 38.6 Å². The van der Waals surface area contributed by atoms with Crippen molar-refractivity contribution in [2.24, 2.45) is 17.8 Å². The van der Waals surface area contributed by atoms with Gasteiger partial charge >= 0.3 is 12.1 Å². The third-order valence-electron chi connectivity index (χ3n) is 4.67. The first-order chi connectivity index (χ1) is 10.1. The van der Waals surface area contributed by atoms with Crippen LogP contribution in [0.3, 0.4) is 0 Å². The number of rotatable bonds is 3. The highest BCUT2D eigenvalue weighted by Gasteiger charge is 2.44. The molecule has 1 amide bonds. The molecule has 2 aliphatic rings. The Morgan fingerprint density at radius 1 is 1.24 bits per heavy atom. The molecule has 0 aromatic rings. The molecule has 6 nitrogen and oxygen atoms in total. The van der Waals surface area contributed by atoms with Gasteiger partial charge in [0.15, 0.2) is 0 Å². The molecule has 2 unspecified atom stereocenters. The Bertz CT molecular complexity index is 411. The minimum atomic E-state index is -0.593. The van der Waals surface area contributed by atoms with Crippen LogP contribution < -0.4 is 0 Å². The van der Waals surface area contributed by atoms with Crippen molar-refractivity contribution in [3.05, 3.63) is 0 Å². The maximum absolute atomic E-state index is 12.1. The molecular weight excluding hydrogens is 274 g/mol. The van der Waals surface area contributed by atoms with Crippen LogP contribution in [0.5, 0.6) is 0 Å². The van der Waals surface area contributed by atoms with Gasteiger partial charge in [0.2, 0.25) is 0 Å². The predicted octanol–water partition coefficient (Wildman–Crippen LogP) is 1.62. The predicted molar refractivity (Wildman–Crippen MR) is 74.5 cm³/mol. The number of esters is 1. The average molecular weight is 297 g/mol. The van der Waals surface area contributed by atoms with E-state index in [2.05, 4.69) is 0 Å². The lowest BCUT2D eigenvalue weighted by Crippen LogP contribution is -2.55. The molecule has 0 spiro atoms. The van der Waals surface area contributed by atoms with Crippen LogP contribution >= 0.6 is 0 Å². The zero-order chi connectivity index (χ0) is 15.4. The first-order valence-corrected chi connectivity index (χ1v) is 7.57. The van der Waals surface area contributed by atoms with Gasteiger partial charge in [-0.15, -0.1) is 0 Å². The summed E-state index contributed by atoms with van der Waals surface area (Å²) < 4.78 is 9.87. The first kappa shape index (κ1) is 15.8. The van der Waals surface area contributed by atoms with Gasteiger partial charge in [0.1, 0.15) is 12.3 Å². The normalized spacial score (nSPS) is 32.0. The average Bonchev–Trinajstić information content (AvgIpc) is 2.52. The fraction of sp³-hybridized carbons (Fsp3) is 0.800. The quantitative estimate of drug-likeness (QED) is 0.584. The van der Waals surface area contributed by atoms with Gasteiger partial charge in [0, 0.05) is 12.5 Å². The summed E-state index contributed by atoms with van der Waals surface area (Å²) >= 11 is 0. The first-order valence-electron chi connectivity index (χ1n) is 7.57. The number of piperidine rings is 1. The Morgan fingerprint density at radius 3 is 2.62 bits per heavy atom. The second-order valence-corrected chi connectivity index (χ2v) is 5.86. The van der Waals surface area contributed by atoms with Crippen molar-refractivity contribution >= 4 is 18.3 Å². The fourth-order valence-corrected chi connectivity index (χ4v) is 3.59. The number of likely N-dealkylation sites (tertiary alicyclic amines) is 1. The molecular formula is C15H23NO5. The standard InChI is InChI=1S/C15H23NO5/c1-3-21-14(18)13-7-12-6-10(9-17)4-5-11(12)8-16(13)15(19)20-2/h9-13H,3-8H2,1-2H3/t10-,11-,12?,13?/m0/s1. The molecule has 4 atom stereocenters. The maximum Gasteiger partial charge on any atom is 0.410 e. The van der Waals surface area contributed by atoms with Crippen molar-refractivity contribution in [1.29, 1.82) is 0 Å². The lowest BCUT2D eigenvalue weighted by Gasteiger charge is -2.45. The molecule has 1 aliphatic heterocycles. The molecule has 0 aromatic heterocycles. The highest BCUT2D eigenvalue weighted by molar-refractivity contribution is 5.81. The number of ether oxygens (including phenoxy) is 2. The Labute approximate surface area is 124 Å². The molecule has 1 aliphatic carbocycles. The summed E-state index contributed by atoms with van der Waals surface area (Å²) in [6.07, 6.45) is 3.68. The van der Waals surface area contributed by atoms with E-state index >= 15 is 0 Å². The summed E-state index contributed by atoms with van der Waals surface area (Å²) in [6, 6.07) is -0.593. The fourth-order valence-electron chi connectivity index (χ4n) is 3.59. The lowest BCUT2D eigenvalue weighted by molar-refractivity contribution is -0.152. The third-order valence-corrected chi connectivity index (χ3v) is 4.67. The molecule has 0 aromatic carbocycles. The maximum atomic E-state index is 12.1. The van der Waals surface area contributed by atoms with Gasteiger partial charge in [0.05, 0.1) is 13.7 Å². The van der Waals surface area contributed by atoms with Crippen molar-refractivity contribution < 1.29 is 23.9 Å². The summed E-state index contributed by atoms with van der Waals surface area (Å²) in [4.78, 5) is 36.5. The molecule has 0 bridgehead atoms. The number of aldehydes is 1. The molecule has 21 heavy (non-hydrogen) atoms. The minimum Gasteiger partial charge on any atom is -0.464 e. The van der Waals surface area contributed by atoms with Crippen molar-refractivity contribution in [3.8, 4) is 0 Å². The molecule has 0 radical (unpaired) electrons. The van der Waals surface area contributed by atoms with E-state index in [0.717, 1.165) is 25.5 Å². The number of amides is 1. The van der Waals surface area contributed by atoms with E-state index in [-0.39, 0.29) is 18.5 Å². The van der Waals surface area contributed by atoms with Gasteiger partial charge in [-0.05, 0) is 44.4 Å². The number of carbonyl (C=O) groups is 3. The molecule has 1 saturated carbocycles. The monoisotopic (exact) mass is 297 g/mol. The summed E-state index contributed by atoms with van der Waals surface area (Å²) in [6.45, 7) is 2.54. The molecule has 6 heteroatoms. The van der Waals surface area contributed by atoms with E-state index in [1.807, 2.05) is 0 Å². The Kier molecular flexibility index (Phi) is 5.20. The number of methoxy groups -OCH3 is 1. The van der Waals surface area contributed by atoms with Crippen LogP contribution in [0.15, 0.2) is 0 Å². The van der Waals surface area contributed by atoms with Crippen LogP contribution in [0.4, 0.5) is 4.79 Å². The molecule has 0 N–H and O–H groups in total. The SMILES string of the molecule is CCOC(=O)C1CC2C[C@@H](C=O)CC[C@H]2CN1C(=O)OC. The van der Waals surface area contributed by atoms with Crippen LogP contribution in [0.2, 0.25) is 0 Å². The van der Waals surface area contributed by atoms with Crippen molar-refractivity contribution in [2.75, 3.05) is 20.3 Å². The highest BCUT2D eigenvalue weighted by Crippen LogP contribution is 2.40. The van der Waals surface area contributed by atoms with Crippen LogP contribution in [0.25, 0.3) is 0 Å². The molecule has 2 rings (SSSR count). The van der Waals surface area contributed by atoms with Gasteiger partial charge in [-0.25, -0.2) is 9.59 Å². The molecule has 1 saturated heterocycles. The second-order valence-electron chi connectivity index (χ2n) is 5.86. The summed E-state index contributed by atoms with van der Waals surface area (Å²) in [7, 11) is 1.32. The zero-order valence-corrected chi connectivity index (χ0v) is 12.6. The summed E-state index contributed by atoms with van der Waals surface area (Å²) in [5, 5.41) is 0. The van der Waals surface area contributed by atoms with Crippen molar-refractivity contribution in [1.82, 2.24) is 4.90 Å². The number of carbonyl (C=O) groups excluding carboxylic acids is 3. The van der Waals surface area contributed by atoms with E-state index in [1.165, 1.54) is 12.0 Å².